The minimum absolute atomic E-state index is 0.291. The molecule has 0 bridgehead atoms. The van der Waals surface area contributed by atoms with E-state index in [1.165, 1.54) is 32.1 Å². The Labute approximate surface area is 151 Å². The molecule has 0 heterocycles. The Morgan fingerprint density at radius 2 is 1.88 bits per heavy atom. The Bertz CT molecular complexity index is 483. The van der Waals surface area contributed by atoms with Crippen LogP contribution in [0, 0.1) is 5.92 Å². The third-order valence-electron chi connectivity index (χ3n) is 4.89. The highest BCUT2D eigenvalue weighted by Gasteiger charge is 2.16. The van der Waals surface area contributed by atoms with Crippen molar-refractivity contribution < 1.29 is 9.53 Å². The van der Waals surface area contributed by atoms with E-state index >= 15 is 0 Å². The molecule has 0 atom stereocenters. The molecule has 1 fully saturated rings. The van der Waals surface area contributed by atoms with Gasteiger partial charge in [-0.05, 0) is 49.4 Å². The van der Waals surface area contributed by atoms with Crippen molar-refractivity contribution in [3.05, 3.63) is 29.3 Å². The first-order chi connectivity index (χ1) is 11.6. The number of carbonyl (C=O) groups is 1. The predicted octanol–water partition coefficient (Wildman–Crippen LogP) is 5.32. The highest BCUT2D eigenvalue weighted by molar-refractivity contribution is 6.30. The second kappa shape index (κ2) is 10.6. The number of rotatable bonds is 9. The topological polar surface area (TPSA) is 29.5 Å². The standard InChI is InChI=1S/C20H30ClNO2/c1-22(20(23)14-9-17-7-3-2-4-8-17)15-5-6-16-24-19-12-10-18(21)11-13-19/h10-13,17H,2-9,14-16H2,1H3. The summed E-state index contributed by atoms with van der Waals surface area (Å²) in [5.74, 6) is 1.92. The number of carbonyl (C=O) groups excluding carboxylic acids is 1. The van der Waals surface area contributed by atoms with Crippen LogP contribution in [0.25, 0.3) is 0 Å². The number of benzene rings is 1. The Hall–Kier alpha value is -1.22. The quantitative estimate of drug-likeness (QED) is 0.563. The molecule has 0 saturated heterocycles. The summed E-state index contributed by atoms with van der Waals surface area (Å²) in [7, 11) is 1.92. The number of hydrogen-bond donors (Lipinski definition) is 0. The molecule has 2 rings (SSSR count). The molecule has 0 aromatic heterocycles. The van der Waals surface area contributed by atoms with Crippen molar-refractivity contribution >= 4 is 17.5 Å². The fraction of sp³-hybridized carbons (Fsp3) is 0.650. The van der Waals surface area contributed by atoms with Crippen LogP contribution >= 0.6 is 11.6 Å². The van der Waals surface area contributed by atoms with Gasteiger partial charge in [-0.3, -0.25) is 4.79 Å². The van der Waals surface area contributed by atoms with Gasteiger partial charge >= 0.3 is 0 Å². The van der Waals surface area contributed by atoms with Gasteiger partial charge in [0.2, 0.25) is 5.91 Å². The van der Waals surface area contributed by atoms with E-state index in [4.69, 9.17) is 16.3 Å². The lowest BCUT2D eigenvalue weighted by molar-refractivity contribution is -0.130. The van der Waals surface area contributed by atoms with E-state index in [0.717, 1.165) is 42.5 Å². The van der Waals surface area contributed by atoms with Gasteiger partial charge in [0, 0.05) is 25.0 Å². The summed E-state index contributed by atoms with van der Waals surface area (Å²) in [5, 5.41) is 0.718. The monoisotopic (exact) mass is 351 g/mol. The van der Waals surface area contributed by atoms with Gasteiger partial charge in [0.25, 0.3) is 0 Å². The van der Waals surface area contributed by atoms with Crippen molar-refractivity contribution in [1.82, 2.24) is 4.90 Å². The van der Waals surface area contributed by atoms with Gasteiger partial charge in [-0.15, -0.1) is 0 Å². The maximum atomic E-state index is 12.2. The van der Waals surface area contributed by atoms with Crippen LogP contribution in [0.2, 0.25) is 5.02 Å². The SMILES string of the molecule is CN(CCCCOc1ccc(Cl)cc1)C(=O)CCC1CCCCC1. The zero-order valence-electron chi connectivity index (χ0n) is 14.8. The second-order valence-corrected chi connectivity index (χ2v) is 7.30. The molecule has 0 radical (unpaired) electrons. The Morgan fingerprint density at radius 3 is 2.58 bits per heavy atom. The average molecular weight is 352 g/mol. The van der Waals surface area contributed by atoms with Gasteiger partial charge in [0.1, 0.15) is 5.75 Å². The van der Waals surface area contributed by atoms with Crippen molar-refractivity contribution in [2.45, 2.75) is 57.8 Å². The van der Waals surface area contributed by atoms with Gasteiger partial charge in [-0.25, -0.2) is 0 Å². The van der Waals surface area contributed by atoms with Crippen molar-refractivity contribution in [2.24, 2.45) is 5.92 Å². The molecular weight excluding hydrogens is 322 g/mol. The summed E-state index contributed by atoms with van der Waals surface area (Å²) in [6, 6.07) is 7.41. The van der Waals surface area contributed by atoms with Crippen LogP contribution in [0.4, 0.5) is 0 Å². The molecule has 0 aliphatic heterocycles. The highest BCUT2D eigenvalue weighted by Crippen LogP contribution is 2.27. The molecule has 1 amide bonds. The van der Waals surface area contributed by atoms with Gasteiger partial charge in [0.05, 0.1) is 6.61 Å². The fourth-order valence-corrected chi connectivity index (χ4v) is 3.42. The molecule has 134 valence electrons. The number of halogens is 1. The first-order valence-corrected chi connectivity index (χ1v) is 9.65. The van der Waals surface area contributed by atoms with E-state index < -0.39 is 0 Å². The maximum absolute atomic E-state index is 12.2. The van der Waals surface area contributed by atoms with Crippen LogP contribution in [0.5, 0.6) is 5.75 Å². The second-order valence-electron chi connectivity index (χ2n) is 6.87. The molecule has 4 heteroatoms. The normalized spacial score (nSPS) is 15.2. The molecule has 3 nitrogen and oxygen atoms in total. The lowest BCUT2D eigenvalue weighted by Gasteiger charge is -2.23. The van der Waals surface area contributed by atoms with Gasteiger partial charge in [-0.1, -0.05) is 43.7 Å². The van der Waals surface area contributed by atoms with E-state index in [1.807, 2.05) is 36.2 Å². The zero-order valence-corrected chi connectivity index (χ0v) is 15.6. The number of nitrogens with zero attached hydrogens (tertiary/aromatic N) is 1. The van der Waals surface area contributed by atoms with E-state index in [9.17, 15) is 4.79 Å². The lowest BCUT2D eigenvalue weighted by atomic mass is 9.86. The van der Waals surface area contributed by atoms with Crippen molar-refractivity contribution in [2.75, 3.05) is 20.2 Å². The number of amides is 1. The molecule has 1 aliphatic carbocycles. The van der Waals surface area contributed by atoms with Crippen LogP contribution in [-0.2, 0) is 4.79 Å². The van der Waals surface area contributed by atoms with Crippen LogP contribution in [0.1, 0.15) is 57.8 Å². The van der Waals surface area contributed by atoms with Crippen LogP contribution in [0.3, 0.4) is 0 Å². The van der Waals surface area contributed by atoms with Gasteiger partial charge in [-0.2, -0.15) is 0 Å². The van der Waals surface area contributed by atoms with Crippen molar-refractivity contribution in [3.8, 4) is 5.75 Å². The summed E-state index contributed by atoms with van der Waals surface area (Å²) in [6.45, 7) is 1.49. The summed E-state index contributed by atoms with van der Waals surface area (Å²) >= 11 is 5.84. The van der Waals surface area contributed by atoms with E-state index in [2.05, 4.69) is 0 Å². The molecule has 1 aromatic carbocycles. The summed E-state index contributed by atoms with van der Waals surface area (Å²) in [5.41, 5.74) is 0. The van der Waals surface area contributed by atoms with Crippen LogP contribution in [0.15, 0.2) is 24.3 Å². The van der Waals surface area contributed by atoms with Gasteiger partial charge in [0.15, 0.2) is 0 Å². The maximum Gasteiger partial charge on any atom is 0.222 e. The highest BCUT2D eigenvalue weighted by atomic mass is 35.5. The van der Waals surface area contributed by atoms with Crippen LogP contribution in [-0.4, -0.2) is 31.0 Å². The average Bonchev–Trinajstić information content (AvgIpc) is 2.61. The van der Waals surface area contributed by atoms with Crippen molar-refractivity contribution in [3.63, 3.8) is 0 Å². The zero-order chi connectivity index (χ0) is 17.2. The van der Waals surface area contributed by atoms with Crippen molar-refractivity contribution in [1.29, 1.82) is 0 Å². The van der Waals surface area contributed by atoms with E-state index in [-0.39, 0.29) is 0 Å². The Balaban J connectivity index is 1.52. The number of hydrogen-bond acceptors (Lipinski definition) is 2. The van der Waals surface area contributed by atoms with E-state index in [0.29, 0.717) is 18.9 Å². The molecule has 1 saturated carbocycles. The van der Waals surface area contributed by atoms with E-state index in [1.54, 1.807) is 0 Å². The molecular formula is C20H30ClNO2. The molecule has 1 aromatic rings. The van der Waals surface area contributed by atoms with Crippen LogP contribution < -0.4 is 4.74 Å². The lowest BCUT2D eigenvalue weighted by Crippen LogP contribution is -2.28. The smallest absolute Gasteiger partial charge is 0.222 e. The first kappa shape index (κ1) is 19.1. The fourth-order valence-electron chi connectivity index (χ4n) is 3.29. The minimum atomic E-state index is 0.291. The molecule has 0 N–H and O–H groups in total. The Kier molecular flexibility index (Phi) is 8.44. The largest absolute Gasteiger partial charge is 0.494 e. The summed E-state index contributed by atoms with van der Waals surface area (Å²) < 4.78 is 5.67. The molecule has 24 heavy (non-hydrogen) atoms. The third-order valence-corrected chi connectivity index (χ3v) is 5.14. The first-order valence-electron chi connectivity index (χ1n) is 9.27. The number of ether oxygens (including phenoxy) is 1. The molecule has 0 spiro atoms. The Morgan fingerprint density at radius 1 is 1.17 bits per heavy atom. The predicted molar refractivity (Wildman–Crippen MR) is 99.6 cm³/mol. The summed E-state index contributed by atoms with van der Waals surface area (Å²) in [6.07, 6.45) is 10.4. The van der Waals surface area contributed by atoms with Gasteiger partial charge < -0.3 is 9.64 Å². The molecule has 1 aliphatic rings. The summed E-state index contributed by atoms with van der Waals surface area (Å²) in [4.78, 5) is 14.1. The number of unbranched alkanes of at least 4 members (excludes halogenated alkanes) is 1. The minimum Gasteiger partial charge on any atom is -0.494 e. The molecule has 0 unspecified atom stereocenters. The third kappa shape index (κ3) is 7.12.